The Balaban J connectivity index is 3.12. The predicted molar refractivity (Wildman–Crippen MR) is 56.1 cm³/mol. The fourth-order valence-corrected chi connectivity index (χ4v) is 1.25. The van der Waals surface area contributed by atoms with E-state index in [2.05, 4.69) is 0 Å². The molecule has 0 aliphatic carbocycles. The van der Waals surface area contributed by atoms with Crippen LogP contribution in [0.3, 0.4) is 0 Å². The summed E-state index contributed by atoms with van der Waals surface area (Å²) in [5.41, 5.74) is 5.09. The van der Waals surface area contributed by atoms with E-state index in [4.69, 9.17) is 10.5 Å². The molecule has 1 rings (SSSR count). The third kappa shape index (κ3) is 3.00. The van der Waals surface area contributed by atoms with Crippen LogP contribution in [0.4, 0.5) is 13.2 Å². The van der Waals surface area contributed by atoms with E-state index >= 15 is 0 Å². The van der Waals surface area contributed by atoms with Crippen molar-refractivity contribution < 1.29 is 17.9 Å². The van der Waals surface area contributed by atoms with Gasteiger partial charge in [0, 0.05) is 6.54 Å². The topological polar surface area (TPSA) is 35.2 Å². The second kappa shape index (κ2) is 5.03. The van der Waals surface area contributed by atoms with Crippen LogP contribution in [0.5, 0.6) is 5.75 Å². The molecule has 0 radical (unpaired) electrons. The van der Waals surface area contributed by atoms with E-state index in [1.165, 1.54) is 19.2 Å². The summed E-state index contributed by atoms with van der Waals surface area (Å²) in [5, 5.41) is 0. The van der Waals surface area contributed by atoms with Crippen LogP contribution in [0.15, 0.2) is 24.3 Å². The average molecular weight is 231 g/mol. The van der Waals surface area contributed by atoms with Crippen molar-refractivity contribution in [1.29, 1.82) is 0 Å². The van der Waals surface area contributed by atoms with E-state index in [0.717, 1.165) is 6.07 Å². The van der Waals surface area contributed by atoms with Crippen molar-refractivity contribution in [2.75, 3.05) is 13.7 Å². The number of hydrogen-bond donors (Lipinski definition) is 1. The number of nitrogens with two attached hydrogens (primary N) is 1. The molecule has 0 amide bonds. The molecule has 0 aromatic heterocycles. The van der Waals surface area contributed by atoms with Gasteiger partial charge in [-0.25, -0.2) is 0 Å². The van der Waals surface area contributed by atoms with Crippen LogP contribution in [-0.4, -0.2) is 13.7 Å². The molecule has 16 heavy (non-hydrogen) atoms. The van der Waals surface area contributed by atoms with Crippen LogP contribution < -0.4 is 10.5 Å². The number of hydrogen-bond acceptors (Lipinski definition) is 2. The lowest BCUT2D eigenvalue weighted by Crippen LogP contribution is -2.07. The average Bonchev–Trinajstić information content (AvgIpc) is 2.24. The van der Waals surface area contributed by atoms with Crippen LogP contribution in [-0.2, 0) is 6.18 Å². The lowest BCUT2D eigenvalue weighted by Gasteiger charge is -2.12. The van der Waals surface area contributed by atoms with E-state index in [1.54, 1.807) is 12.2 Å². The van der Waals surface area contributed by atoms with E-state index in [1.807, 2.05) is 0 Å². The maximum atomic E-state index is 12.5. The van der Waals surface area contributed by atoms with Gasteiger partial charge < -0.3 is 10.5 Å². The number of halogens is 3. The highest BCUT2D eigenvalue weighted by Crippen LogP contribution is 2.36. The van der Waals surface area contributed by atoms with Gasteiger partial charge in [-0.1, -0.05) is 18.2 Å². The van der Waals surface area contributed by atoms with Crippen LogP contribution in [0.25, 0.3) is 6.08 Å². The molecule has 1 aromatic rings. The fourth-order valence-electron chi connectivity index (χ4n) is 1.25. The van der Waals surface area contributed by atoms with Crippen molar-refractivity contribution in [3.63, 3.8) is 0 Å². The molecule has 1 aromatic carbocycles. The first kappa shape index (κ1) is 12.6. The second-order valence-corrected chi connectivity index (χ2v) is 3.10. The van der Waals surface area contributed by atoms with Gasteiger partial charge in [-0.3, -0.25) is 0 Å². The third-order valence-corrected chi connectivity index (χ3v) is 1.98. The molecule has 0 unspecified atom stereocenters. The predicted octanol–water partition coefficient (Wildman–Crippen LogP) is 2.69. The SMILES string of the molecule is COc1cc(C=CCN)ccc1C(F)(F)F. The highest BCUT2D eigenvalue weighted by atomic mass is 19.4. The van der Waals surface area contributed by atoms with Gasteiger partial charge in [0.25, 0.3) is 0 Å². The summed E-state index contributed by atoms with van der Waals surface area (Å²) in [6.07, 6.45) is -1.10. The highest BCUT2D eigenvalue weighted by molar-refractivity contribution is 5.54. The number of alkyl halides is 3. The zero-order valence-electron chi connectivity index (χ0n) is 8.71. The van der Waals surface area contributed by atoms with Crippen molar-refractivity contribution >= 4 is 6.08 Å². The number of benzene rings is 1. The summed E-state index contributed by atoms with van der Waals surface area (Å²) in [6.45, 7) is 0.337. The van der Waals surface area contributed by atoms with Crippen molar-refractivity contribution in [1.82, 2.24) is 0 Å². The van der Waals surface area contributed by atoms with Crippen LogP contribution >= 0.6 is 0 Å². The van der Waals surface area contributed by atoms with E-state index < -0.39 is 11.7 Å². The summed E-state index contributed by atoms with van der Waals surface area (Å²) in [6, 6.07) is 3.70. The molecular weight excluding hydrogens is 219 g/mol. The van der Waals surface area contributed by atoms with Gasteiger partial charge in [-0.05, 0) is 17.7 Å². The normalized spacial score (nSPS) is 12.1. The van der Waals surface area contributed by atoms with E-state index in [9.17, 15) is 13.2 Å². The largest absolute Gasteiger partial charge is 0.496 e. The lowest BCUT2D eigenvalue weighted by atomic mass is 10.1. The Labute approximate surface area is 91.5 Å². The van der Waals surface area contributed by atoms with Gasteiger partial charge >= 0.3 is 6.18 Å². The molecule has 0 saturated carbocycles. The first-order chi connectivity index (χ1) is 7.49. The number of ether oxygens (including phenoxy) is 1. The van der Waals surface area contributed by atoms with Crippen LogP contribution in [0.1, 0.15) is 11.1 Å². The maximum Gasteiger partial charge on any atom is 0.419 e. The van der Waals surface area contributed by atoms with E-state index in [-0.39, 0.29) is 5.75 Å². The molecule has 0 atom stereocenters. The molecule has 0 saturated heterocycles. The van der Waals surface area contributed by atoms with Crippen molar-refractivity contribution in [3.05, 3.63) is 35.4 Å². The quantitative estimate of drug-likeness (QED) is 0.868. The summed E-state index contributed by atoms with van der Waals surface area (Å²) in [4.78, 5) is 0. The lowest BCUT2D eigenvalue weighted by molar-refractivity contribution is -0.138. The Morgan fingerprint density at radius 3 is 2.56 bits per heavy atom. The Morgan fingerprint density at radius 1 is 1.38 bits per heavy atom. The standard InChI is InChI=1S/C11H12F3NO/c1-16-10-7-8(3-2-6-15)4-5-9(10)11(12,13)14/h2-5,7H,6,15H2,1H3. The molecule has 5 heteroatoms. The van der Waals surface area contributed by atoms with Crippen molar-refractivity contribution in [2.45, 2.75) is 6.18 Å². The second-order valence-electron chi connectivity index (χ2n) is 3.10. The van der Waals surface area contributed by atoms with Crippen LogP contribution in [0.2, 0.25) is 0 Å². The van der Waals surface area contributed by atoms with Gasteiger partial charge in [-0.2, -0.15) is 13.2 Å². The molecular formula is C11H12F3NO. The molecule has 88 valence electrons. The zero-order valence-corrected chi connectivity index (χ0v) is 8.71. The minimum absolute atomic E-state index is 0.188. The molecule has 0 spiro atoms. The molecule has 2 N–H and O–H groups in total. The molecule has 0 aliphatic rings. The summed E-state index contributed by atoms with van der Waals surface area (Å²) >= 11 is 0. The molecule has 2 nitrogen and oxygen atoms in total. The smallest absolute Gasteiger partial charge is 0.419 e. The third-order valence-electron chi connectivity index (χ3n) is 1.98. The molecule has 0 aliphatic heterocycles. The Hall–Kier alpha value is -1.49. The fraction of sp³-hybridized carbons (Fsp3) is 0.273. The van der Waals surface area contributed by atoms with Gasteiger partial charge in [0.1, 0.15) is 5.75 Å². The first-order valence-corrected chi connectivity index (χ1v) is 4.61. The Kier molecular flexibility index (Phi) is 3.95. The Morgan fingerprint density at radius 2 is 2.06 bits per heavy atom. The monoisotopic (exact) mass is 231 g/mol. The molecule has 0 fully saturated rings. The summed E-state index contributed by atoms with van der Waals surface area (Å²) < 4.78 is 42.2. The van der Waals surface area contributed by atoms with Crippen molar-refractivity contribution in [2.24, 2.45) is 5.73 Å². The Bertz CT molecular complexity index is 385. The molecule has 0 heterocycles. The number of methoxy groups -OCH3 is 1. The number of rotatable bonds is 3. The van der Waals surface area contributed by atoms with Crippen molar-refractivity contribution in [3.8, 4) is 5.75 Å². The van der Waals surface area contributed by atoms with Crippen LogP contribution in [0, 0.1) is 0 Å². The van der Waals surface area contributed by atoms with Gasteiger partial charge in [0.05, 0.1) is 12.7 Å². The van der Waals surface area contributed by atoms with Gasteiger partial charge in [0.15, 0.2) is 0 Å². The molecule has 0 bridgehead atoms. The minimum Gasteiger partial charge on any atom is -0.496 e. The minimum atomic E-state index is -4.40. The maximum absolute atomic E-state index is 12.5. The van der Waals surface area contributed by atoms with Gasteiger partial charge in [-0.15, -0.1) is 0 Å². The summed E-state index contributed by atoms with van der Waals surface area (Å²) in [5.74, 6) is -0.188. The van der Waals surface area contributed by atoms with E-state index in [0.29, 0.717) is 12.1 Å². The highest BCUT2D eigenvalue weighted by Gasteiger charge is 2.34. The zero-order chi connectivity index (χ0) is 12.2. The first-order valence-electron chi connectivity index (χ1n) is 4.61. The van der Waals surface area contributed by atoms with Gasteiger partial charge in [0.2, 0.25) is 0 Å². The summed E-state index contributed by atoms with van der Waals surface area (Å²) in [7, 11) is 1.21.